The zero-order valence-electron chi connectivity index (χ0n) is 11.3. The van der Waals surface area contributed by atoms with E-state index in [0.29, 0.717) is 45.0 Å². The van der Waals surface area contributed by atoms with Crippen LogP contribution in [0, 0.1) is 5.41 Å². The fourth-order valence-corrected chi connectivity index (χ4v) is 2.91. The van der Waals surface area contributed by atoms with Gasteiger partial charge in [0.1, 0.15) is 0 Å². The van der Waals surface area contributed by atoms with E-state index in [1.807, 2.05) is 0 Å². The maximum absolute atomic E-state index is 11.5. The summed E-state index contributed by atoms with van der Waals surface area (Å²) in [6, 6.07) is 0.239. The van der Waals surface area contributed by atoms with Crippen LogP contribution in [0.25, 0.3) is 0 Å². The van der Waals surface area contributed by atoms with Gasteiger partial charge in [0.05, 0.1) is 5.41 Å². The normalized spacial score (nSPS) is 26.6. The number of carbonyl (C=O) groups is 1. The van der Waals surface area contributed by atoms with E-state index in [-0.39, 0.29) is 6.04 Å². The molecule has 110 valence electrons. The number of carboxylic acid groups (broad SMARTS) is 1. The van der Waals surface area contributed by atoms with Crippen LogP contribution in [0.15, 0.2) is 0 Å². The Bertz CT molecular complexity index is 291. The third-order valence-electron chi connectivity index (χ3n) is 4.01. The first-order valence-electron chi connectivity index (χ1n) is 7.03. The minimum Gasteiger partial charge on any atom is -0.481 e. The third kappa shape index (κ3) is 5.10. The van der Waals surface area contributed by atoms with Crippen LogP contribution in [-0.4, -0.2) is 47.4 Å². The second kappa shape index (κ2) is 7.84. The van der Waals surface area contributed by atoms with Gasteiger partial charge in [-0.2, -0.15) is 0 Å². The number of rotatable bonds is 9. The van der Waals surface area contributed by atoms with E-state index >= 15 is 0 Å². The molecule has 1 rings (SSSR count). The van der Waals surface area contributed by atoms with Gasteiger partial charge in [-0.15, -0.1) is 0 Å². The summed E-state index contributed by atoms with van der Waals surface area (Å²) in [5, 5.41) is 30.3. The summed E-state index contributed by atoms with van der Waals surface area (Å²) >= 11 is 0. The SMILES string of the molecule is NCCN[C@H]1CC[C@@](CCCCB(O)O)(C(=O)O)C1. The summed E-state index contributed by atoms with van der Waals surface area (Å²) in [5.74, 6) is -0.728. The molecule has 0 aromatic heterocycles. The molecule has 1 saturated carbocycles. The first-order valence-corrected chi connectivity index (χ1v) is 7.03. The van der Waals surface area contributed by atoms with Crippen molar-refractivity contribution in [3.05, 3.63) is 0 Å². The Hall–Kier alpha value is -0.625. The molecule has 1 aliphatic rings. The van der Waals surface area contributed by atoms with Gasteiger partial charge >= 0.3 is 13.1 Å². The molecule has 1 fully saturated rings. The lowest BCUT2D eigenvalue weighted by atomic mass is 9.78. The molecule has 0 saturated heterocycles. The molecule has 1 aliphatic carbocycles. The van der Waals surface area contributed by atoms with Crippen molar-refractivity contribution in [2.45, 2.75) is 50.9 Å². The number of aliphatic carboxylic acids is 1. The van der Waals surface area contributed by atoms with Crippen molar-refractivity contribution in [3.63, 3.8) is 0 Å². The zero-order chi connectivity index (χ0) is 14.3. The van der Waals surface area contributed by atoms with Gasteiger partial charge in [-0.1, -0.05) is 12.8 Å². The average molecular weight is 272 g/mol. The Morgan fingerprint density at radius 3 is 2.74 bits per heavy atom. The monoisotopic (exact) mass is 272 g/mol. The fourth-order valence-electron chi connectivity index (χ4n) is 2.91. The molecule has 2 atom stereocenters. The molecular weight excluding hydrogens is 247 g/mol. The summed E-state index contributed by atoms with van der Waals surface area (Å²) in [4.78, 5) is 11.5. The first kappa shape index (κ1) is 16.4. The topological polar surface area (TPSA) is 116 Å². The minimum absolute atomic E-state index is 0.239. The van der Waals surface area contributed by atoms with Gasteiger partial charge in [0.2, 0.25) is 0 Å². The summed E-state index contributed by atoms with van der Waals surface area (Å²) in [6.07, 6.45) is 4.48. The van der Waals surface area contributed by atoms with Crippen LogP contribution in [0.5, 0.6) is 0 Å². The lowest BCUT2D eigenvalue weighted by molar-refractivity contribution is -0.149. The van der Waals surface area contributed by atoms with E-state index in [9.17, 15) is 9.90 Å². The highest BCUT2D eigenvalue weighted by atomic mass is 16.4. The highest BCUT2D eigenvalue weighted by Crippen LogP contribution is 2.42. The summed E-state index contributed by atoms with van der Waals surface area (Å²) in [6.45, 7) is 1.28. The molecule has 0 heterocycles. The van der Waals surface area contributed by atoms with Gasteiger partial charge in [0, 0.05) is 19.1 Å². The number of nitrogens with two attached hydrogens (primary N) is 1. The molecule has 0 amide bonds. The summed E-state index contributed by atoms with van der Waals surface area (Å²) in [5.41, 5.74) is 4.79. The van der Waals surface area contributed by atoms with Gasteiger partial charge < -0.3 is 26.2 Å². The second-order valence-corrected chi connectivity index (χ2v) is 5.49. The Labute approximate surface area is 114 Å². The van der Waals surface area contributed by atoms with Crippen LogP contribution >= 0.6 is 0 Å². The Morgan fingerprint density at radius 1 is 1.42 bits per heavy atom. The quantitative estimate of drug-likeness (QED) is 0.293. The first-order chi connectivity index (χ1) is 9.00. The van der Waals surface area contributed by atoms with Crippen LogP contribution in [0.1, 0.15) is 38.5 Å². The van der Waals surface area contributed by atoms with Gasteiger partial charge in [-0.3, -0.25) is 4.79 Å². The van der Waals surface area contributed by atoms with E-state index in [2.05, 4.69) is 5.32 Å². The van der Waals surface area contributed by atoms with E-state index in [0.717, 1.165) is 13.0 Å². The highest BCUT2D eigenvalue weighted by Gasteiger charge is 2.44. The Balaban J connectivity index is 2.41. The van der Waals surface area contributed by atoms with Gasteiger partial charge in [-0.05, 0) is 32.0 Å². The number of hydrogen-bond donors (Lipinski definition) is 5. The number of hydrogen-bond acceptors (Lipinski definition) is 5. The molecule has 6 N–H and O–H groups in total. The molecule has 0 radical (unpaired) electrons. The molecule has 0 bridgehead atoms. The summed E-state index contributed by atoms with van der Waals surface area (Å²) in [7, 11) is -1.29. The number of carboxylic acids is 1. The molecule has 7 heteroatoms. The second-order valence-electron chi connectivity index (χ2n) is 5.49. The number of nitrogens with one attached hydrogen (secondary N) is 1. The van der Waals surface area contributed by atoms with E-state index in [4.69, 9.17) is 15.8 Å². The van der Waals surface area contributed by atoms with Crippen molar-refractivity contribution in [2.75, 3.05) is 13.1 Å². The fraction of sp³-hybridized carbons (Fsp3) is 0.917. The van der Waals surface area contributed by atoms with Crippen molar-refractivity contribution >= 4 is 13.1 Å². The van der Waals surface area contributed by atoms with Crippen LogP contribution < -0.4 is 11.1 Å². The predicted molar refractivity (Wildman–Crippen MR) is 73.6 cm³/mol. The average Bonchev–Trinajstić information content (AvgIpc) is 2.77. The molecule has 6 nitrogen and oxygen atoms in total. The minimum atomic E-state index is -1.29. The molecule has 0 spiro atoms. The molecule has 0 aliphatic heterocycles. The maximum atomic E-state index is 11.5. The predicted octanol–water partition coefficient (Wildman–Crippen LogP) is -0.199. The largest absolute Gasteiger partial charge is 0.481 e. The zero-order valence-corrected chi connectivity index (χ0v) is 11.3. The molecule has 0 aromatic carbocycles. The van der Waals surface area contributed by atoms with Crippen LogP contribution in [-0.2, 0) is 4.79 Å². The van der Waals surface area contributed by atoms with Crippen molar-refractivity contribution in [2.24, 2.45) is 11.1 Å². The van der Waals surface area contributed by atoms with E-state index in [1.54, 1.807) is 0 Å². The van der Waals surface area contributed by atoms with Gasteiger partial charge in [-0.25, -0.2) is 0 Å². The number of unbranched alkanes of at least 4 members (excludes halogenated alkanes) is 1. The molecular formula is C12H25BN2O4. The van der Waals surface area contributed by atoms with Gasteiger partial charge in [0.15, 0.2) is 0 Å². The van der Waals surface area contributed by atoms with Crippen molar-refractivity contribution < 1.29 is 19.9 Å². The molecule has 0 unspecified atom stereocenters. The smallest absolute Gasteiger partial charge is 0.451 e. The third-order valence-corrected chi connectivity index (χ3v) is 4.01. The van der Waals surface area contributed by atoms with E-state index in [1.165, 1.54) is 0 Å². The van der Waals surface area contributed by atoms with Crippen LogP contribution in [0.3, 0.4) is 0 Å². The summed E-state index contributed by atoms with van der Waals surface area (Å²) < 4.78 is 0. The Kier molecular flexibility index (Phi) is 6.78. The molecule has 19 heavy (non-hydrogen) atoms. The lowest BCUT2D eigenvalue weighted by Gasteiger charge is -2.24. The lowest BCUT2D eigenvalue weighted by Crippen LogP contribution is -2.35. The van der Waals surface area contributed by atoms with Crippen molar-refractivity contribution in [1.82, 2.24) is 5.32 Å². The van der Waals surface area contributed by atoms with Gasteiger partial charge in [0.25, 0.3) is 0 Å². The van der Waals surface area contributed by atoms with Crippen molar-refractivity contribution in [1.29, 1.82) is 0 Å². The standard InChI is InChI=1S/C12H25BN2O4/c14-7-8-15-10-3-5-12(9-10,11(16)17)4-1-2-6-13(18)19/h10,15,18-19H,1-9,14H2,(H,16,17)/t10-,12+/m0/s1. The highest BCUT2D eigenvalue weighted by molar-refractivity contribution is 6.40. The molecule has 0 aromatic rings. The van der Waals surface area contributed by atoms with Crippen molar-refractivity contribution in [3.8, 4) is 0 Å². The van der Waals surface area contributed by atoms with Crippen LogP contribution in [0.4, 0.5) is 0 Å². The van der Waals surface area contributed by atoms with E-state index < -0.39 is 18.5 Å². The maximum Gasteiger partial charge on any atom is 0.451 e. The van der Waals surface area contributed by atoms with Crippen LogP contribution in [0.2, 0.25) is 6.32 Å². The Morgan fingerprint density at radius 2 is 2.16 bits per heavy atom.